The number of rotatable bonds is 2. The van der Waals surface area contributed by atoms with E-state index in [0.29, 0.717) is 6.42 Å². The lowest BCUT2D eigenvalue weighted by Gasteiger charge is -2.19. The Morgan fingerprint density at radius 3 is 2.88 bits per heavy atom. The molecule has 7 nitrogen and oxygen atoms in total. The molecule has 0 aromatic carbocycles. The Kier molecular flexibility index (Phi) is 2.82. The molecule has 2 N–H and O–H groups in total. The molecule has 0 bridgehead atoms. The van der Waals surface area contributed by atoms with Gasteiger partial charge in [0.1, 0.15) is 5.82 Å². The molecule has 1 aliphatic rings. The van der Waals surface area contributed by atoms with Crippen molar-refractivity contribution in [3.8, 4) is 0 Å². The van der Waals surface area contributed by atoms with Crippen LogP contribution in [0, 0.1) is 0 Å². The third kappa shape index (κ3) is 2.27. The molecule has 1 unspecified atom stereocenters. The minimum absolute atomic E-state index is 0.134. The van der Waals surface area contributed by atoms with Crippen LogP contribution >= 0.6 is 0 Å². The van der Waals surface area contributed by atoms with Crippen molar-refractivity contribution in [2.45, 2.75) is 18.8 Å². The molecule has 1 aromatic heterocycles. The molecule has 1 saturated heterocycles. The normalized spacial score (nSPS) is 19.9. The van der Waals surface area contributed by atoms with Gasteiger partial charge in [0, 0.05) is 12.6 Å². The molecule has 2 amide bonds. The van der Waals surface area contributed by atoms with Crippen molar-refractivity contribution in [3.05, 3.63) is 23.8 Å². The molecule has 2 heterocycles. The van der Waals surface area contributed by atoms with Crippen LogP contribution in [0.2, 0.25) is 0 Å². The molecule has 1 atom stereocenters. The van der Waals surface area contributed by atoms with Gasteiger partial charge in [-0.15, -0.1) is 0 Å². The molecule has 2 rings (SSSR count). The van der Waals surface area contributed by atoms with Crippen LogP contribution in [0.3, 0.4) is 0 Å². The number of hydrogen-bond acceptors (Lipinski definition) is 5. The summed E-state index contributed by atoms with van der Waals surface area (Å²) in [5, 5.41) is 10.9. The van der Waals surface area contributed by atoms with Crippen LogP contribution in [-0.4, -0.2) is 32.9 Å². The van der Waals surface area contributed by atoms with Gasteiger partial charge in [0.2, 0.25) is 11.8 Å². The third-order valence-corrected chi connectivity index (χ3v) is 2.44. The van der Waals surface area contributed by atoms with Gasteiger partial charge in [-0.1, -0.05) is 0 Å². The van der Waals surface area contributed by atoms with Gasteiger partial charge in [-0.2, -0.15) is 0 Å². The number of aromatic nitrogens is 2. The zero-order valence-electron chi connectivity index (χ0n) is 8.71. The minimum Gasteiger partial charge on any atom is -0.477 e. The van der Waals surface area contributed by atoms with E-state index in [1.165, 1.54) is 12.3 Å². The maximum Gasteiger partial charge on any atom is 0.354 e. The second-order valence-electron chi connectivity index (χ2n) is 3.61. The lowest BCUT2D eigenvalue weighted by atomic mass is 9.97. The van der Waals surface area contributed by atoms with E-state index in [1.807, 2.05) is 0 Å². The maximum absolute atomic E-state index is 11.5. The highest BCUT2D eigenvalue weighted by atomic mass is 16.4. The van der Waals surface area contributed by atoms with Crippen LogP contribution < -0.4 is 5.32 Å². The number of aromatic carboxylic acids is 1. The summed E-state index contributed by atoms with van der Waals surface area (Å²) in [5.74, 6) is -2.52. The number of nitrogens with one attached hydrogen (secondary N) is 1. The molecule has 1 fully saturated rings. The van der Waals surface area contributed by atoms with Crippen molar-refractivity contribution in [1.82, 2.24) is 15.3 Å². The quantitative estimate of drug-likeness (QED) is 0.681. The van der Waals surface area contributed by atoms with Gasteiger partial charge in [-0.25, -0.2) is 14.8 Å². The summed E-state index contributed by atoms with van der Waals surface area (Å²) in [7, 11) is 0. The topological polar surface area (TPSA) is 109 Å². The molecule has 0 saturated carbocycles. The summed E-state index contributed by atoms with van der Waals surface area (Å²) in [4.78, 5) is 40.9. The van der Waals surface area contributed by atoms with E-state index in [-0.39, 0.29) is 23.8 Å². The SMILES string of the molecule is O=C1CCC(c2nccc(C(=O)O)n2)C(=O)N1. The second-order valence-corrected chi connectivity index (χ2v) is 3.61. The lowest BCUT2D eigenvalue weighted by Crippen LogP contribution is -2.40. The van der Waals surface area contributed by atoms with E-state index >= 15 is 0 Å². The van der Waals surface area contributed by atoms with Crippen molar-refractivity contribution < 1.29 is 19.5 Å². The molecule has 7 heteroatoms. The first-order valence-electron chi connectivity index (χ1n) is 4.98. The fourth-order valence-electron chi connectivity index (χ4n) is 1.60. The summed E-state index contributed by atoms with van der Waals surface area (Å²) >= 11 is 0. The van der Waals surface area contributed by atoms with Crippen molar-refractivity contribution in [3.63, 3.8) is 0 Å². The first-order chi connectivity index (χ1) is 8.08. The van der Waals surface area contributed by atoms with Gasteiger partial charge < -0.3 is 5.11 Å². The Balaban J connectivity index is 2.28. The predicted octanol–water partition coefficient (Wildman–Crippen LogP) is -0.305. The van der Waals surface area contributed by atoms with Gasteiger partial charge in [-0.3, -0.25) is 14.9 Å². The number of carboxylic acids is 1. The average Bonchev–Trinajstić information content (AvgIpc) is 2.29. The number of hydrogen-bond donors (Lipinski definition) is 2. The zero-order chi connectivity index (χ0) is 12.4. The second kappa shape index (κ2) is 4.28. The fraction of sp³-hybridized carbons (Fsp3) is 0.300. The number of nitrogens with zero attached hydrogens (tertiary/aromatic N) is 2. The monoisotopic (exact) mass is 235 g/mol. The smallest absolute Gasteiger partial charge is 0.354 e. The fourth-order valence-corrected chi connectivity index (χ4v) is 1.60. The molecule has 17 heavy (non-hydrogen) atoms. The number of amides is 2. The standard InChI is InChI=1S/C10H9N3O4/c14-7-2-1-5(9(15)13-7)8-11-4-3-6(12-8)10(16)17/h3-5H,1-2H2,(H,16,17)(H,13,14,15). The van der Waals surface area contributed by atoms with E-state index in [4.69, 9.17) is 5.11 Å². The maximum atomic E-state index is 11.5. The van der Waals surface area contributed by atoms with Gasteiger partial charge in [0.25, 0.3) is 0 Å². The molecule has 0 aliphatic carbocycles. The molecule has 88 valence electrons. The minimum atomic E-state index is -1.18. The van der Waals surface area contributed by atoms with Gasteiger partial charge >= 0.3 is 5.97 Å². The summed E-state index contributed by atoms with van der Waals surface area (Å²) in [5.41, 5.74) is -0.167. The van der Waals surface area contributed by atoms with Gasteiger partial charge in [0.05, 0.1) is 5.92 Å². The number of carbonyl (C=O) groups is 3. The van der Waals surface area contributed by atoms with Crippen LogP contribution in [0.25, 0.3) is 0 Å². The molecule has 0 radical (unpaired) electrons. The van der Waals surface area contributed by atoms with Crippen LogP contribution in [0.1, 0.15) is 35.1 Å². The van der Waals surface area contributed by atoms with Crippen molar-refractivity contribution >= 4 is 17.8 Å². The Bertz CT molecular complexity index is 500. The Morgan fingerprint density at radius 1 is 1.47 bits per heavy atom. The highest BCUT2D eigenvalue weighted by molar-refractivity contribution is 6.00. The largest absolute Gasteiger partial charge is 0.477 e. The van der Waals surface area contributed by atoms with E-state index in [0.717, 1.165) is 0 Å². The van der Waals surface area contributed by atoms with Crippen LogP contribution in [-0.2, 0) is 9.59 Å². The summed E-state index contributed by atoms with van der Waals surface area (Å²) in [6, 6.07) is 1.25. The molecular weight excluding hydrogens is 226 g/mol. The van der Waals surface area contributed by atoms with E-state index in [9.17, 15) is 14.4 Å². The van der Waals surface area contributed by atoms with Crippen molar-refractivity contribution in [2.24, 2.45) is 0 Å². The number of carbonyl (C=O) groups excluding carboxylic acids is 2. The van der Waals surface area contributed by atoms with Crippen molar-refractivity contribution in [1.29, 1.82) is 0 Å². The van der Waals surface area contributed by atoms with Crippen LogP contribution in [0.15, 0.2) is 12.3 Å². The summed E-state index contributed by atoms with van der Waals surface area (Å²) in [6.07, 6.45) is 1.79. The van der Waals surface area contributed by atoms with Crippen LogP contribution in [0.5, 0.6) is 0 Å². The highest BCUT2D eigenvalue weighted by Crippen LogP contribution is 2.21. The number of carboxylic acid groups (broad SMARTS) is 1. The Labute approximate surface area is 95.9 Å². The summed E-state index contributed by atoms with van der Waals surface area (Å²) < 4.78 is 0. The van der Waals surface area contributed by atoms with E-state index in [2.05, 4.69) is 15.3 Å². The van der Waals surface area contributed by atoms with Crippen LogP contribution in [0.4, 0.5) is 0 Å². The first kappa shape index (κ1) is 11.2. The van der Waals surface area contributed by atoms with Gasteiger partial charge in [0.15, 0.2) is 5.69 Å². The highest BCUT2D eigenvalue weighted by Gasteiger charge is 2.30. The van der Waals surface area contributed by atoms with Crippen molar-refractivity contribution in [2.75, 3.05) is 0 Å². The zero-order valence-corrected chi connectivity index (χ0v) is 8.71. The average molecular weight is 235 g/mol. The Morgan fingerprint density at radius 2 is 2.24 bits per heavy atom. The number of imide groups is 1. The van der Waals surface area contributed by atoms with Gasteiger partial charge in [-0.05, 0) is 12.5 Å². The lowest BCUT2D eigenvalue weighted by molar-refractivity contribution is -0.134. The predicted molar refractivity (Wildman–Crippen MR) is 54.1 cm³/mol. The summed E-state index contributed by atoms with van der Waals surface area (Å²) in [6.45, 7) is 0. The number of piperidine rings is 1. The van der Waals surface area contributed by atoms with E-state index < -0.39 is 17.8 Å². The molecule has 1 aliphatic heterocycles. The molecule has 1 aromatic rings. The Hall–Kier alpha value is -2.31. The van der Waals surface area contributed by atoms with E-state index in [1.54, 1.807) is 0 Å². The first-order valence-corrected chi connectivity index (χ1v) is 4.98. The molecular formula is C10H9N3O4. The third-order valence-electron chi connectivity index (χ3n) is 2.44. The molecule has 0 spiro atoms.